The number of imidazole rings is 1. The maximum atomic E-state index is 5.88. The van der Waals surface area contributed by atoms with E-state index in [0.29, 0.717) is 6.42 Å². The van der Waals surface area contributed by atoms with Crippen molar-refractivity contribution in [2.24, 2.45) is 12.9 Å². The molecular weight excluding hydrogens is 216 g/mol. The van der Waals surface area contributed by atoms with Gasteiger partial charge in [0.2, 0.25) is 0 Å². The van der Waals surface area contributed by atoms with Crippen molar-refractivity contribution < 1.29 is 0 Å². The minimum absolute atomic E-state index is 0.0333. The van der Waals surface area contributed by atoms with Gasteiger partial charge in [-0.1, -0.05) is 0 Å². The van der Waals surface area contributed by atoms with E-state index in [-0.39, 0.29) is 6.04 Å². The number of anilines is 1. The molecule has 2 aromatic heterocycles. The summed E-state index contributed by atoms with van der Waals surface area (Å²) in [7, 11) is 1.93. The fourth-order valence-electron chi connectivity index (χ4n) is 1.78. The number of rotatable bonds is 4. The Morgan fingerprint density at radius 1 is 1.41 bits per heavy atom. The van der Waals surface area contributed by atoms with Crippen molar-refractivity contribution in [1.82, 2.24) is 20.0 Å². The van der Waals surface area contributed by atoms with Crippen LogP contribution in [0, 0.1) is 0 Å². The van der Waals surface area contributed by atoms with E-state index in [1.807, 2.05) is 11.6 Å². The molecular formula is C11H16N6. The van der Waals surface area contributed by atoms with Gasteiger partial charge in [0.05, 0.1) is 18.1 Å². The second-order valence-electron chi connectivity index (χ2n) is 3.93. The minimum Gasteiger partial charge on any atom is -0.398 e. The number of hydrogen-bond acceptors (Lipinski definition) is 5. The molecule has 2 heterocycles. The van der Waals surface area contributed by atoms with Crippen LogP contribution in [-0.4, -0.2) is 14.5 Å². The van der Waals surface area contributed by atoms with E-state index in [0.717, 1.165) is 16.9 Å². The Kier molecular flexibility index (Phi) is 3.36. The van der Waals surface area contributed by atoms with Gasteiger partial charge in [0.15, 0.2) is 0 Å². The predicted molar refractivity (Wildman–Crippen MR) is 65.6 cm³/mol. The number of aryl methyl sites for hydroxylation is 1. The molecule has 5 N–H and O–H groups in total. The molecule has 17 heavy (non-hydrogen) atoms. The lowest BCUT2D eigenvalue weighted by molar-refractivity contribution is 0.522. The predicted octanol–water partition coefficient (Wildman–Crippen LogP) is 0.144. The third-order valence-electron chi connectivity index (χ3n) is 2.78. The Labute approximate surface area is 99.6 Å². The van der Waals surface area contributed by atoms with Gasteiger partial charge in [0.1, 0.15) is 0 Å². The summed E-state index contributed by atoms with van der Waals surface area (Å²) >= 11 is 0. The topological polar surface area (TPSA) is 94.8 Å². The van der Waals surface area contributed by atoms with Crippen molar-refractivity contribution in [3.05, 3.63) is 42.2 Å². The molecule has 0 saturated heterocycles. The molecule has 0 fully saturated rings. The fourth-order valence-corrected chi connectivity index (χ4v) is 1.78. The highest BCUT2D eigenvalue weighted by molar-refractivity contribution is 5.44. The molecule has 90 valence electrons. The van der Waals surface area contributed by atoms with Crippen LogP contribution in [0.4, 0.5) is 5.69 Å². The Bertz CT molecular complexity index is 492. The summed E-state index contributed by atoms with van der Waals surface area (Å²) in [4.78, 5) is 8.14. The zero-order valence-corrected chi connectivity index (χ0v) is 9.67. The average molecular weight is 232 g/mol. The molecule has 6 heteroatoms. The van der Waals surface area contributed by atoms with Gasteiger partial charge in [-0.2, -0.15) is 0 Å². The van der Waals surface area contributed by atoms with E-state index < -0.39 is 0 Å². The summed E-state index contributed by atoms with van der Waals surface area (Å²) < 4.78 is 1.93. The summed E-state index contributed by atoms with van der Waals surface area (Å²) in [6.07, 6.45) is 7.64. The monoisotopic (exact) mass is 232 g/mol. The van der Waals surface area contributed by atoms with E-state index in [2.05, 4.69) is 15.4 Å². The molecule has 2 rings (SSSR count). The molecule has 0 aliphatic heterocycles. The molecule has 6 nitrogen and oxygen atoms in total. The molecule has 0 spiro atoms. The summed E-state index contributed by atoms with van der Waals surface area (Å²) in [6.45, 7) is 0. The van der Waals surface area contributed by atoms with Crippen molar-refractivity contribution >= 4 is 5.69 Å². The molecule has 1 atom stereocenters. The molecule has 0 radical (unpaired) electrons. The maximum absolute atomic E-state index is 5.88. The number of aromatic nitrogens is 3. The molecule has 0 aromatic carbocycles. The Hall–Kier alpha value is -1.92. The molecule has 0 aliphatic carbocycles. The van der Waals surface area contributed by atoms with Crippen molar-refractivity contribution in [2.75, 3.05) is 5.73 Å². The van der Waals surface area contributed by atoms with Crippen LogP contribution >= 0.6 is 0 Å². The minimum atomic E-state index is -0.0333. The summed E-state index contributed by atoms with van der Waals surface area (Å²) in [5.41, 5.74) is 11.4. The molecule has 0 saturated carbocycles. The summed E-state index contributed by atoms with van der Waals surface area (Å²) in [5, 5.41) is 0. The molecule has 1 unspecified atom stereocenters. The maximum Gasteiger partial charge on any atom is 0.0946 e. The quantitative estimate of drug-likeness (QED) is 0.515. The van der Waals surface area contributed by atoms with Gasteiger partial charge in [0, 0.05) is 31.3 Å². The SMILES string of the molecule is Cn1cncc1C(Cc1cnccc1N)NN. The van der Waals surface area contributed by atoms with Gasteiger partial charge >= 0.3 is 0 Å². The second kappa shape index (κ2) is 4.94. The van der Waals surface area contributed by atoms with E-state index in [9.17, 15) is 0 Å². The zero-order valence-electron chi connectivity index (χ0n) is 9.67. The van der Waals surface area contributed by atoms with Gasteiger partial charge in [-0.3, -0.25) is 16.3 Å². The number of nitrogens with one attached hydrogen (secondary N) is 1. The summed E-state index contributed by atoms with van der Waals surface area (Å²) in [6, 6.07) is 1.75. The zero-order chi connectivity index (χ0) is 12.3. The largest absolute Gasteiger partial charge is 0.398 e. The van der Waals surface area contributed by atoms with Crippen molar-refractivity contribution in [1.29, 1.82) is 0 Å². The number of nitrogen functional groups attached to an aromatic ring is 1. The normalized spacial score (nSPS) is 12.6. The molecule has 2 aromatic rings. The first kappa shape index (κ1) is 11.6. The van der Waals surface area contributed by atoms with Crippen molar-refractivity contribution in [3.8, 4) is 0 Å². The fraction of sp³-hybridized carbons (Fsp3) is 0.273. The lowest BCUT2D eigenvalue weighted by atomic mass is 10.0. The number of pyridine rings is 1. The second-order valence-corrected chi connectivity index (χ2v) is 3.93. The van der Waals surface area contributed by atoms with Crippen molar-refractivity contribution in [2.45, 2.75) is 12.5 Å². The first-order valence-electron chi connectivity index (χ1n) is 5.33. The number of hydrogen-bond donors (Lipinski definition) is 3. The van der Waals surface area contributed by atoms with Crippen LogP contribution in [0.25, 0.3) is 0 Å². The van der Waals surface area contributed by atoms with Crippen LogP contribution in [0.2, 0.25) is 0 Å². The van der Waals surface area contributed by atoms with Crippen molar-refractivity contribution in [3.63, 3.8) is 0 Å². The lowest BCUT2D eigenvalue weighted by Crippen LogP contribution is -2.31. The molecule has 0 aliphatic rings. The van der Waals surface area contributed by atoms with Crippen LogP contribution in [-0.2, 0) is 13.5 Å². The first-order valence-corrected chi connectivity index (χ1v) is 5.33. The number of hydrazine groups is 1. The van der Waals surface area contributed by atoms with Gasteiger partial charge in [0.25, 0.3) is 0 Å². The van der Waals surface area contributed by atoms with Crippen LogP contribution in [0.1, 0.15) is 17.3 Å². The average Bonchev–Trinajstić information content (AvgIpc) is 2.75. The highest BCUT2D eigenvalue weighted by Gasteiger charge is 2.15. The van der Waals surface area contributed by atoms with Crippen LogP contribution in [0.15, 0.2) is 31.0 Å². The van der Waals surface area contributed by atoms with E-state index in [1.54, 1.807) is 31.0 Å². The standard InChI is InChI=1S/C11H16N6/c1-17-7-15-6-11(17)10(16-13)4-8-5-14-3-2-9(8)12/h2-3,5-7,10,16H,4,13H2,1H3,(H2,12,14). The third-order valence-corrected chi connectivity index (χ3v) is 2.78. The van der Waals surface area contributed by atoms with Crippen LogP contribution in [0.3, 0.4) is 0 Å². The Morgan fingerprint density at radius 2 is 2.24 bits per heavy atom. The number of nitrogens with two attached hydrogens (primary N) is 2. The lowest BCUT2D eigenvalue weighted by Gasteiger charge is -2.17. The van der Waals surface area contributed by atoms with Gasteiger partial charge < -0.3 is 10.3 Å². The molecule has 0 bridgehead atoms. The van der Waals surface area contributed by atoms with E-state index in [1.165, 1.54) is 0 Å². The highest BCUT2D eigenvalue weighted by atomic mass is 15.2. The summed E-state index contributed by atoms with van der Waals surface area (Å²) in [5.74, 6) is 5.58. The Balaban J connectivity index is 2.22. The molecule has 0 amide bonds. The first-order chi connectivity index (χ1) is 8.22. The van der Waals surface area contributed by atoms with Gasteiger partial charge in [-0.05, 0) is 18.1 Å². The number of nitrogens with zero attached hydrogens (tertiary/aromatic N) is 3. The van der Waals surface area contributed by atoms with Gasteiger partial charge in [-0.15, -0.1) is 0 Å². The van der Waals surface area contributed by atoms with E-state index in [4.69, 9.17) is 11.6 Å². The van der Waals surface area contributed by atoms with E-state index >= 15 is 0 Å². The van der Waals surface area contributed by atoms with Crippen LogP contribution in [0.5, 0.6) is 0 Å². The Morgan fingerprint density at radius 3 is 2.82 bits per heavy atom. The van der Waals surface area contributed by atoms with Gasteiger partial charge in [-0.25, -0.2) is 4.98 Å². The smallest absolute Gasteiger partial charge is 0.0946 e. The highest BCUT2D eigenvalue weighted by Crippen LogP contribution is 2.19. The third kappa shape index (κ3) is 2.43. The van der Waals surface area contributed by atoms with Crippen LogP contribution < -0.4 is 17.0 Å².